The molecular formula is C16H31N3O. The number of carbonyl (C=O) groups is 1. The normalized spacial score (nSPS) is 30.2. The monoisotopic (exact) mass is 281 g/mol. The lowest BCUT2D eigenvalue weighted by atomic mass is 9.97. The summed E-state index contributed by atoms with van der Waals surface area (Å²) in [5.41, 5.74) is 0. The van der Waals surface area contributed by atoms with E-state index >= 15 is 0 Å². The van der Waals surface area contributed by atoms with Gasteiger partial charge in [-0.3, -0.25) is 9.69 Å². The third-order valence-corrected chi connectivity index (χ3v) is 4.97. The summed E-state index contributed by atoms with van der Waals surface area (Å²) in [5.74, 6) is 0.342. The summed E-state index contributed by atoms with van der Waals surface area (Å²) in [6.07, 6.45) is 4.78. The molecule has 0 aliphatic carbocycles. The zero-order chi connectivity index (χ0) is 14.5. The summed E-state index contributed by atoms with van der Waals surface area (Å²) in [4.78, 5) is 19.6. The van der Waals surface area contributed by atoms with Crippen LogP contribution in [0, 0.1) is 0 Å². The molecule has 20 heavy (non-hydrogen) atoms. The summed E-state index contributed by atoms with van der Waals surface area (Å²) >= 11 is 0. The van der Waals surface area contributed by atoms with Crippen LogP contribution in [-0.4, -0.2) is 72.0 Å². The van der Waals surface area contributed by atoms with Crippen LogP contribution in [0.4, 0.5) is 0 Å². The Morgan fingerprint density at radius 1 is 0.950 bits per heavy atom. The van der Waals surface area contributed by atoms with E-state index in [2.05, 4.69) is 35.5 Å². The number of piperidine rings is 1. The minimum atomic E-state index is 0.342. The van der Waals surface area contributed by atoms with Gasteiger partial charge in [-0.15, -0.1) is 0 Å². The second-order valence-corrected chi connectivity index (χ2v) is 6.49. The quantitative estimate of drug-likeness (QED) is 0.789. The van der Waals surface area contributed by atoms with Gasteiger partial charge in [0.15, 0.2) is 0 Å². The van der Waals surface area contributed by atoms with Crippen LogP contribution in [0.25, 0.3) is 0 Å². The number of rotatable bonds is 3. The highest BCUT2D eigenvalue weighted by atomic mass is 16.2. The topological polar surface area (TPSA) is 26.8 Å². The molecular weight excluding hydrogens is 250 g/mol. The van der Waals surface area contributed by atoms with Crippen molar-refractivity contribution in [3.8, 4) is 0 Å². The van der Waals surface area contributed by atoms with Crippen molar-refractivity contribution in [2.75, 3.05) is 39.3 Å². The number of hydrogen-bond donors (Lipinski definition) is 0. The van der Waals surface area contributed by atoms with Gasteiger partial charge in [-0.1, -0.05) is 6.92 Å². The molecule has 0 aromatic rings. The molecule has 2 fully saturated rings. The summed E-state index contributed by atoms with van der Waals surface area (Å²) < 4.78 is 0. The van der Waals surface area contributed by atoms with E-state index in [0.717, 1.165) is 26.2 Å². The van der Waals surface area contributed by atoms with Gasteiger partial charge < -0.3 is 9.80 Å². The highest BCUT2D eigenvalue weighted by Gasteiger charge is 2.29. The molecule has 1 amide bonds. The van der Waals surface area contributed by atoms with Gasteiger partial charge >= 0.3 is 0 Å². The molecule has 2 aliphatic rings. The number of amides is 1. The molecule has 0 spiro atoms. The fourth-order valence-electron chi connectivity index (χ4n) is 3.68. The van der Waals surface area contributed by atoms with E-state index in [4.69, 9.17) is 0 Å². The maximum Gasteiger partial charge on any atom is 0.237 e. The number of nitrogens with zero attached hydrogens (tertiary/aromatic N) is 3. The lowest BCUT2D eigenvalue weighted by molar-refractivity contribution is -0.138. The molecule has 2 saturated heterocycles. The zero-order valence-corrected chi connectivity index (χ0v) is 13.5. The maximum absolute atomic E-state index is 12.6. The van der Waals surface area contributed by atoms with E-state index in [1.807, 2.05) is 0 Å². The van der Waals surface area contributed by atoms with Gasteiger partial charge in [0.1, 0.15) is 0 Å². The number of carbonyl (C=O) groups excluding carboxylic acids is 1. The van der Waals surface area contributed by atoms with Gasteiger partial charge in [-0.2, -0.15) is 0 Å². The van der Waals surface area contributed by atoms with E-state index in [1.165, 1.54) is 32.2 Å². The Hall–Kier alpha value is -0.610. The van der Waals surface area contributed by atoms with Crippen LogP contribution >= 0.6 is 0 Å². The molecule has 0 radical (unpaired) electrons. The molecule has 2 rings (SSSR count). The van der Waals surface area contributed by atoms with Crippen LogP contribution in [0.1, 0.15) is 46.5 Å². The van der Waals surface area contributed by atoms with Crippen molar-refractivity contribution in [2.24, 2.45) is 0 Å². The Morgan fingerprint density at radius 2 is 1.55 bits per heavy atom. The first-order chi connectivity index (χ1) is 9.61. The smallest absolute Gasteiger partial charge is 0.237 e. The Bertz CT molecular complexity index is 311. The standard InChI is InChI=1S/C16H31N3O/c1-4-17-9-6-10-18(12-11-17)13-16(20)19-14(2)7-5-8-15(19)3/h14-15H,4-13H2,1-3H3/t14-,15+. The number of hydrogen-bond acceptors (Lipinski definition) is 3. The molecule has 4 heteroatoms. The summed E-state index contributed by atoms with van der Waals surface area (Å²) in [5, 5.41) is 0. The van der Waals surface area contributed by atoms with Crippen molar-refractivity contribution in [1.29, 1.82) is 0 Å². The SMILES string of the molecule is CCN1CCCN(CC(=O)N2[C@H](C)CCC[C@@H]2C)CC1. The van der Waals surface area contributed by atoms with Gasteiger partial charge in [0.25, 0.3) is 0 Å². The fourth-order valence-corrected chi connectivity index (χ4v) is 3.68. The molecule has 0 bridgehead atoms. The Balaban J connectivity index is 1.87. The average Bonchev–Trinajstić information content (AvgIpc) is 2.63. The first kappa shape index (κ1) is 15.8. The fraction of sp³-hybridized carbons (Fsp3) is 0.938. The van der Waals surface area contributed by atoms with Gasteiger partial charge in [-0.25, -0.2) is 0 Å². The second kappa shape index (κ2) is 7.41. The van der Waals surface area contributed by atoms with E-state index in [1.54, 1.807) is 0 Å². The van der Waals surface area contributed by atoms with Crippen molar-refractivity contribution < 1.29 is 4.79 Å². The van der Waals surface area contributed by atoms with E-state index in [-0.39, 0.29) is 0 Å². The van der Waals surface area contributed by atoms with Gasteiger partial charge in [0.05, 0.1) is 6.54 Å². The number of likely N-dealkylation sites (N-methyl/N-ethyl adjacent to an activating group) is 1. The van der Waals surface area contributed by atoms with Crippen molar-refractivity contribution in [2.45, 2.75) is 58.5 Å². The van der Waals surface area contributed by atoms with E-state index < -0.39 is 0 Å². The van der Waals surface area contributed by atoms with Crippen LogP contribution in [0.5, 0.6) is 0 Å². The molecule has 0 unspecified atom stereocenters. The molecule has 0 N–H and O–H groups in total. The van der Waals surface area contributed by atoms with Crippen LogP contribution < -0.4 is 0 Å². The maximum atomic E-state index is 12.6. The molecule has 2 heterocycles. The van der Waals surface area contributed by atoms with Crippen LogP contribution in [-0.2, 0) is 4.79 Å². The molecule has 0 aromatic heterocycles. The molecule has 4 nitrogen and oxygen atoms in total. The highest BCUT2D eigenvalue weighted by molar-refractivity contribution is 5.79. The molecule has 116 valence electrons. The van der Waals surface area contributed by atoms with Crippen molar-refractivity contribution in [3.05, 3.63) is 0 Å². The van der Waals surface area contributed by atoms with E-state index in [9.17, 15) is 4.79 Å². The van der Waals surface area contributed by atoms with Gasteiger partial charge in [-0.05, 0) is 59.2 Å². The van der Waals surface area contributed by atoms with Gasteiger partial charge in [0.2, 0.25) is 5.91 Å². The molecule has 0 saturated carbocycles. The van der Waals surface area contributed by atoms with Crippen LogP contribution in [0.3, 0.4) is 0 Å². The first-order valence-corrected chi connectivity index (χ1v) is 8.37. The van der Waals surface area contributed by atoms with Gasteiger partial charge in [0, 0.05) is 25.2 Å². The Labute approximate surface area is 124 Å². The summed E-state index contributed by atoms with van der Waals surface area (Å²) in [7, 11) is 0. The van der Waals surface area contributed by atoms with Crippen molar-refractivity contribution >= 4 is 5.91 Å². The van der Waals surface area contributed by atoms with Crippen molar-refractivity contribution in [1.82, 2.24) is 14.7 Å². The lowest BCUT2D eigenvalue weighted by Crippen LogP contribution is -2.51. The van der Waals surface area contributed by atoms with Crippen LogP contribution in [0.2, 0.25) is 0 Å². The second-order valence-electron chi connectivity index (χ2n) is 6.49. The first-order valence-electron chi connectivity index (χ1n) is 8.37. The molecule has 2 aliphatic heterocycles. The minimum absolute atomic E-state index is 0.342. The van der Waals surface area contributed by atoms with Crippen molar-refractivity contribution in [3.63, 3.8) is 0 Å². The Kier molecular flexibility index (Phi) is 5.85. The predicted octanol–water partition coefficient (Wildman–Crippen LogP) is 1.80. The minimum Gasteiger partial charge on any atom is -0.336 e. The van der Waals surface area contributed by atoms with E-state index in [0.29, 0.717) is 24.5 Å². The largest absolute Gasteiger partial charge is 0.336 e. The number of likely N-dealkylation sites (tertiary alicyclic amines) is 1. The third-order valence-electron chi connectivity index (χ3n) is 4.97. The lowest BCUT2D eigenvalue weighted by Gasteiger charge is -2.40. The molecule has 0 aromatic carbocycles. The third kappa shape index (κ3) is 3.95. The summed E-state index contributed by atoms with van der Waals surface area (Å²) in [6.45, 7) is 12.8. The zero-order valence-electron chi connectivity index (χ0n) is 13.5. The van der Waals surface area contributed by atoms with Crippen LogP contribution in [0.15, 0.2) is 0 Å². The highest BCUT2D eigenvalue weighted by Crippen LogP contribution is 2.22. The average molecular weight is 281 g/mol. The predicted molar refractivity (Wildman–Crippen MR) is 82.8 cm³/mol. The summed E-state index contributed by atoms with van der Waals surface area (Å²) in [6, 6.07) is 0.843. The molecule has 2 atom stereocenters. The Morgan fingerprint density at radius 3 is 2.20 bits per heavy atom.